The maximum Gasteiger partial charge on any atom is 0.407 e. The summed E-state index contributed by atoms with van der Waals surface area (Å²) in [6.45, 7) is 1.99. The largest absolute Gasteiger partial charge is 0.481 e. The molecule has 0 radical (unpaired) electrons. The van der Waals surface area contributed by atoms with E-state index in [2.05, 4.69) is 22.8 Å². The molecule has 7 nitrogen and oxygen atoms in total. The summed E-state index contributed by atoms with van der Waals surface area (Å²) in [6, 6.07) is 18.8. The van der Waals surface area contributed by atoms with E-state index in [4.69, 9.17) is 9.84 Å². The van der Waals surface area contributed by atoms with Crippen molar-refractivity contribution in [3.8, 4) is 11.1 Å². The number of hydrogen-bond acceptors (Lipinski definition) is 5. The van der Waals surface area contributed by atoms with Gasteiger partial charge in [-0.1, -0.05) is 54.6 Å². The van der Waals surface area contributed by atoms with Crippen LogP contribution in [0.5, 0.6) is 0 Å². The monoisotopic (exact) mass is 492 g/mol. The number of ether oxygens (including phenoxy) is 1. The highest BCUT2D eigenvalue weighted by Crippen LogP contribution is 2.44. The van der Waals surface area contributed by atoms with Gasteiger partial charge in [-0.25, -0.2) is 4.79 Å². The lowest BCUT2D eigenvalue weighted by Gasteiger charge is -2.21. The van der Waals surface area contributed by atoms with Gasteiger partial charge in [-0.3, -0.25) is 9.59 Å². The predicted octanol–water partition coefficient (Wildman–Crippen LogP) is 4.57. The van der Waals surface area contributed by atoms with Crippen LogP contribution in [0.15, 0.2) is 66.0 Å². The average Bonchev–Trinajstić information content (AvgIpc) is 3.46. The minimum atomic E-state index is -1.04. The van der Waals surface area contributed by atoms with Crippen molar-refractivity contribution >= 4 is 29.3 Å². The first kappa shape index (κ1) is 24.5. The normalized spacial score (nSPS) is 13.9. The number of fused-ring (bicyclic) bond motifs is 3. The summed E-state index contributed by atoms with van der Waals surface area (Å²) in [5.74, 6) is -1.57. The summed E-state index contributed by atoms with van der Waals surface area (Å²) in [5.41, 5.74) is 4.42. The molecule has 1 aliphatic rings. The molecule has 0 saturated heterocycles. The Kier molecular flexibility index (Phi) is 7.82. The number of benzene rings is 2. The first-order valence-electron chi connectivity index (χ1n) is 11.6. The molecule has 0 bridgehead atoms. The van der Waals surface area contributed by atoms with E-state index in [1.165, 1.54) is 0 Å². The van der Waals surface area contributed by atoms with Crippen molar-refractivity contribution in [3.63, 3.8) is 0 Å². The van der Waals surface area contributed by atoms with Gasteiger partial charge >= 0.3 is 12.1 Å². The van der Waals surface area contributed by atoms with Crippen LogP contribution in [-0.2, 0) is 20.7 Å². The van der Waals surface area contributed by atoms with Crippen LogP contribution in [0.3, 0.4) is 0 Å². The third-order valence-electron chi connectivity index (χ3n) is 6.08. The molecular weight excluding hydrogens is 464 g/mol. The summed E-state index contributed by atoms with van der Waals surface area (Å²) in [6.07, 6.45) is -0.374. The number of rotatable bonds is 10. The molecule has 2 atom stereocenters. The number of aliphatic carboxylic acids is 1. The molecule has 4 rings (SSSR count). The number of amides is 2. The fourth-order valence-electron chi connectivity index (χ4n) is 4.44. The number of carbonyl (C=O) groups is 3. The van der Waals surface area contributed by atoms with Crippen molar-refractivity contribution in [2.45, 2.75) is 44.2 Å². The lowest BCUT2D eigenvalue weighted by molar-refractivity contribution is -0.137. The summed E-state index contributed by atoms with van der Waals surface area (Å²) in [7, 11) is 0. The first-order chi connectivity index (χ1) is 16.9. The van der Waals surface area contributed by atoms with Gasteiger partial charge in [0.25, 0.3) is 0 Å². The molecule has 0 saturated carbocycles. The Balaban J connectivity index is 1.38. The highest BCUT2D eigenvalue weighted by atomic mass is 32.1. The SMILES string of the molecule is CC(Cc1cccs1)NC(=O)C(CCC(=O)O)NC(=O)OCC1c2ccccc2-c2ccccc21. The quantitative estimate of drug-likeness (QED) is 0.385. The van der Waals surface area contributed by atoms with Crippen LogP contribution in [0.25, 0.3) is 11.1 Å². The molecule has 182 valence electrons. The minimum Gasteiger partial charge on any atom is -0.481 e. The molecule has 3 aromatic rings. The van der Waals surface area contributed by atoms with E-state index in [9.17, 15) is 14.4 Å². The molecule has 3 N–H and O–H groups in total. The standard InChI is InChI=1S/C27H28N2O5S/c1-17(15-18-7-6-14-35-18)28-26(32)24(12-13-25(30)31)29-27(33)34-16-23-21-10-4-2-8-19(21)20-9-3-5-11-22(20)23/h2-11,14,17,23-24H,12-13,15-16H2,1H3,(H,28,32)(H,29,33)(H,30,31). The Morgan fingerprint density at radius 2 is 1.63 bits per heavy atom. The van der Waals surface area contributed by atoms with Gasteiger partial charge in [0, 0.05) is 29.7 Å². The Morgan fingerprint density at radius 1 is 0.971 bits per heavy atom. The van der Waals surface area contributed by atoms with Gasteiger partial charge in [-0.15, -0.1) is 11.3 Å². The number of alkyl carbamates (subject to hydrolysis) is 1. The fraction of sp³-hybridized carbons (Fsp3) is 0.296. The van der Waals surface area contributed by atoms with Crippen LogP contribution in [0, 0.1) is 0 Å². The summed E-state index contributed by atoms with van der Waals surface area (Å²) < 4.78 is 5.54. The fourth-order valence-corrected chi connectivity index (χ4v) is 5.28. The van der Waals surface area contributed by atoms with Crippen molar-refractivity contribution < 1.29 is 24.2 Å². The zero-order chi connectivity index (χ0) is 24.8. The van der Waals surface area contributed by atoms with Crippen LogP contribution in [0.4, 0.5) is 4.79 Å². The lowest BCUT2D eigenvalue weighted by atomic mass is 9.98. The van der Waals surface area contributed by atoms with E-state index >= 15 is 0 Å². The Bertz CT molecular complexity index is 1150. The number of carbonyl (C=O) groups excluding carboxylic acids is 2. The van der Waals surface area contributed by atoms with Crippen LogP contribution in [0.2, 0.25) is 0 Å². The molecule has 1 aliphatic carbocycles. The molecule has 1 aromatic heterocycles. The van der Waals surface area contributed by atoms with Gasteiger partial charge in [0.15, 0.2) is 0 Å². The first-order valence-corrected chi connectivity index (χ1v) is 12.5. The van der Waals surface area contributed by atoms with Gasteiger partial charge in [0.1, 0.15) is 12.6 Å². The van der Waals surface area contributed by atoms with E-state index in [-0.39, 0.29) is 31.4 Å². The Morgan fingerprint density at radius 3 is 2.23 bits per heavy atom. The highest BCUT2D eigenvalue weighted by Gasteiger charge is 2.30. The second-order valence-corrected chi connectivity index (χ2v) is 9.68. The molecule has 2 aromatic carbocycles. The van der Waals surface area contributed by atoms with E-state index in [0.717, 1.165) is 27.1 Å². The third kappa shape index (κ3) is 6.08. The van der Waals surface area contributed by atoms with E-state index in [1.807, 2.05) is 60.8 Å². The van der Waals surface area contributed by atoms with Crippen LogP contribution < -0.4 is 10.6 Å². The van der Waals surface area contributed by atoms with Gasteiger partial charge in [0.2, 0.25) is 5.91 Å². The second-order valence-electron chi connectivity index (χ2n) is 8.65. The van der Waals surface area contributed by atoms with Crippen molar-refractivity contribution in [2.24, 2.45) is 0 Å². The number of carboxylic acids is 1. The Hall–Kier alpha value is -3.65. The van der Waals surface area contributed by atoms with Gasteiger partial charge in [-0.05, 0) is 47.0 Å². The van der Waals surface area contributed by atoms with Crippen LogP contribution in [-0.4, -0.2) is 41.8 Å². The summed E-state index contributed by atoms with van der Waals surface area (Å²) in [5, 5.41) is 16.5. The molecule has 8 heteroatoms. The second kappa shape index (κ2) is 11.2. The average molecular weight is 493 g/mol. The van der Waals surface area contributed by atoms with E-state index in [0.29, 0.717) is 6.42 Å². The number of carboxylic acid groups (broad SMARTS) is 1. The minimum absolute atomic E-state index is 0.0307. The van der Waals surface area contributed by atoms with Gasteiger partial charge in [-0.2, -0.15) is 0 Å². The number of nitrogens with one attached hydrogen (secondary N) is 2. The predicted molar refractivity (Wildman–Crippen MR) is 134 cm³/mol. The van der Waals surface area contributed by atoms with Crippen molar-refractivity contribution in [1.82, 2.24) is 10.6 Å². The van der Waals surface area contributed by atoms with Crippen molar-refractivity contribution in [1.29, 1.82) is 0 Å². The maximum atomic E-state index is 12.8. The Labute approximate surface area is 208 Å². The molecule has 2 unspecified atom stereocenters. The van der Waals surface area contributed by atoms with E-state index < -0.39 is 24.0 Å². The third-order valence-corrected chi connectivity index (χ3v) is 6.97. The van der Waals surface area contributed by atoms with Gasteiger partial charge < -0.3 is 20.5 Å². The van der Waals surface area contributed by atoms with Crippen LogP contribution >= 0.6 is 11.3 Å². The molecule has 1 heterocycles. The zero-order valence-corrected chi connectivity index (χ0v) is 20.2. The molecule has 0 aliphatic heterocycles. The van der Waals surface area contributed by atoms with Crippen LogP contribution in [0.1, 0.15) is 41.7 Å². The summed E-state index contributed by atoms with van der Waals surface area (Å²) >= 11 is 1.60. The molecular formula is C27H28N2O5S. The zero-order valence-electron chi connectivity index (χ0n) is 19.4. The number of thiophene rings is 1. The number of hydrogen-bond donors (Lipinski definition) is 3. The lowest BCUT2D eigenvalue weighted by Crippen LogP contribution is -2.49. The molecule has 0 spiro atoms. The summed E-state index contributed by atoms with van der Waals surface area (Å²) in [4.78, 5) is 37.7. The van der Waals surface area contributed by atoms with Crippen molar-refractivity contribution in [2.75, 3.05) is 6.61 Å². The molecule has 35 heavy (non-hydrogen) atoms. The van der Waals surface area contributed by atoms with E-state index in [1.54, 1.807) is 11.3 Å². The topological polar surface area (TPSA) is 105 Å². The van der Waals surface area contributed by atoms with Gasteiger partial charge in [0.05, 0.1) is 0 Å². The molecule has 2 amide bonds. The smallest absolute Gasteiger partial charge is 0.407 e. The highest BCUT2D eigenvalue weighted by molar-refractivity contribution is 7.09. The molecule has 0 fully saturated rings. The maximum absolute atomic E-state index is 12.8. The van der Waals surface area contributed by atoms with Crippen molar-refractivity contribution in [3.05, 3.63) is 82.0 Å².